The second-order valence-electron chi connectivity index (χ2n) is 7.77. The van der Waals surface area contributed by atoms with Gasteiger partial charge in [-0.1, -0.05) is 66.7 Å². The summed E-state index contributed by atoms with van der Waals surface area (Å²) < 4.78 is 35.0. The summed E-state index contributed by atoms with van der Waals surface area (Å²) >= 11 is 0. The number of hydrogen-bond donors (Lipinski definition) is 1. The van der Waals surface area contributed by atoms with Crippen molar-refractivity contribution in [1.82, 2.24) is 13.9 Å². The molecule has 0 radical (unpaired) electrons. The summed E-state index contributed by atoms with van der Waals surface area (Å²) in [6.07, 6.45) is 1.37. The number of carbonyl (C=O) groups excluding carboxylic acids is 2. The van der Waals surface area contributed by atoms with E-state index in [0.717, 1.165) is 15.4 Å². The van der Waals surface area contributed by atoms with Gasteiger partial charge < -0.3 is 4.74 Å². The first-order chi connectivity index (χ1) is 15.9. The minimum absolute atomic E-state index is 0.0502. The Kier molecular flexibility index (Phi) is 6.62. The molecule has 0 bridgehead atoms. The average molecular weight is 468 g/mol. The topological polar surface area (TPSA) is 96.0 Å². The maximum Gasteiger partial charge on any atom is 0.414 e. The molecule has 8 nitrogen and oxygen atoms in total. The predicted octanol–water partition coefficient (Wildman–Crippen LogP) is 3.10. The maximum absolute atomic E-state index is 13.1. The SMILES string of the molecule is C=CCC1=C2[C@H](CCN2C(=O)OCc2ccccc2)N(S(=O)(=O)NCc2ccccc2)C1=O. The van der Waals surface area contributed by atoms with Crippen LogP contribution in [0.15, 0.2) is 84.6 Å². The number of rotatable bonds is 8. The van der Waals surface area contributed by atoms with Crippen LogP contribution in [0.3, 0.4) is 0 Å². The summed E-state index contributed by atoms with van der Waals surface area (Å²) in [6.45, 7) is 4.07. The molecular formula is C24H25N3O5S. The smallest absolute Gasteiger partial charge is 0.414 e. The first-order valence-corrected chi connectivity index (χ1v) is 12.1. The van der Waals surface area contributed by atoms with Crippen molar-refractivity contribution in [2.75, 3.05) is 6.54 Å². The maximum atomic E-state index is 13.1. The molecule has 1 saturated heterocycles. The molecule has 1 atom stereocenters. The van der Waals surface area contributed by atoms with Crippen LogP contribution in [0.25, 0.3) is 0 Å². The molecule has 0 unspecified atom stereocenters. The molecule has 2 heterocycles. The van der Waals surface area contributed by atoms with Gasteiger partial charge in [0.25, 0.3) is 5.91 Å². The highest BCUT2D eigenvalue weighted by Crippen LogP contribution is 2.39. The zero-order valence-corrected chi connectivity index (χ0v) is 18.8. The summed E-state index contributed by atoms with van der Waals surface area (Å²) in [7, 11) is -4.14. The molecule has 2 aromatic carbocycles. The lowest BCUT2D eigenvalue weighted by Crippen LogP contribution is -2.46. The number of carbonyl (C=O) groups is 2. The van der Waals surface area contributed by atoms with Crippen LogP contribution in [0.1, 0.15) is 24.0 Å². The molecule has 9 heteroatoms. The Morgan fingerprint density at radius 1 is 1.09 bits per heavy atom. The number of benzene rings is 2. The van der Waals surface area contributed by atoms with Crippen molar-refractivity contribution >= 4 is 22.2 Å². The van der Waals surface area contributed by atoms with E-state index in [9.17, 15) is 18.0 Å². The molecule has 0 spiro atoms. The third kappa shape index (κ3) is 4.69. The summed E-state index contributed by atoms with van der Waals surface area (Å²) in [5.74, 6) is -0.643. The molecular weight excluding hydrogens is 442 g/mol. The van der Waals surface area contributed by atoms with Gasteiger partial charge in [-0.25, -0.2) is 9.10 Å². The molecule has 172 valence electrons. The quantitative estimate of drug-likeness (QED) is 0.602. The van der Waals surface area contributed by atoms with Crippen molar-refractivity contribution in [1.29, 1.82) is 0 Å². The van der Waals surface area contributed by atoms with Gasteiger partial charge >= 0.3 is 16.3 Å². The van der Waals surface area contributed by atoms with E-state index in [4.69, 9.17) is 4.74 Å². The zero-order chi connectivity index (χ0) is 23.4. The minimum atomic E-state index is -4.14. The van der Waals surface area contributed by atoms with Gasteiger partial charge in [-0.3, -0.25) is 9.69 Å². The van der Waals surface area contributed by atoms with E-state index in [0.29, 0.717) is 12.1 Å². The highest BCUT2D eigenvalue weighted by Gasteiger charge is 2.51. The van der Waals surface area contributed by atoms with Crippen molar-refractivity contribution in [2.45, 2.75) is 32.0 Å². The third-order valence-corrected chi connectivity index (χ3v) is 7.06. The van der Waals surface area contributed by atoms with Crippen molar-refractivity contribution in [3.8, 4) is 0 Å². The van der Waals surface area contributed by atoms with Gasteiger partial charge in [0.15, 0.2) is 0 Å². The van der Waals surface area contributed by atoms with Crippen molar-refractivity contribution in [2.24, 2.45) is 0 Å². The molecule has 0 aliphatic carbocycles. The van der Waals surface area contributed by atoms with E-state index < -0.39 is 28.3 Å². The second kappa shape index (κ2) is 9.60. The minimum Gasteiger partial charge on any atom is -0.444 e. The normalized spacial score (nSPS) is 17.9. The Morgan fingerprint density at radius 3 is 2.36 bits per heavy atom. The average Bonchev–Trinajstić information content (AvgIpc) is 3.36. The van der Waals surface area contributed by atoms with Gasteiger partial charge in [-0.2, -0.15) is 13.1 Å². The molecule has 0 aromatic heterocycles. The van der Waals surface area contributed by atoms with E-state index in [1.807, 2.05) is 48.5 Å². The lowest BCUT2D eigenvalue weighted by Gasteiger charge is -2.23. The molecule has 2 amide bonds. The molecule has 2 aliphatic heterocycles. The Labute approximate surface area is 193 Å². The number of allylic oxidation sites excluding steroid dienone is 1. The summed E-state index contributed by atoms with van der Waals surface area (Å²) in [5, 5.41) is 0. The number of nitrogens with zero attached hydrogens (tertiary/aromatic N) is 2. The Bertz CT molecular complexity index is 1180. The monoisotopic (exact) mass is 467 g/mol. The number of amides is 2. The van der Waals surface area contributed by atoms with E-state index in [1.54, 1.807) is 12.1 Å². The van der Waals surface area contributed by atoms with Crippen LogP contribution in [0.5, 0.6) is 0 Å². The van der Waals surface area contributed by atoms with Crippen LogP contribution < -0.4 is 4.72 Å². The van der Waals surface area contributed by atoms with Crippen LogP contribution in [-0.4, -0.2) is 42.2 Å². The van der Waals surface area contributed by atoms with Gasteiger partial charge in [-0.15, -0.1) is 6.58 Å². The number of hydrogen-bond acceptors (Lipinski definition) is 5. The molecule has 0 saturated carbocycles. The fourth-order valence-electron chi connectivity index (χ4n) is 4.10. The fraction of sp³-hybridized carbons (Fsp3) is 0.250. The second-order valence-corrected chi connectivity index (χ2v) is 9.40. The molecule has 2 aromatic rings. The van der Waals surface area contributed by atoms with Crippen LogP contribution >= 0.6 is 0 Å². The van der Waals surface area contributed by atoms with Gasteiger partial charge in [0.1, 0.15) is 6.61 Å². The fourth-order valence-corrected chi connectivity index (χ4v) is 5.46. The molecule has 33 heavy (non-hydrogen) atoms. The highest BCUT2D eigenvalue weighted by molar-refractivity contribution is 7.87. The first kappa shape index (κ1) is 22.8. The number of likely N-dealkylation sites (tertiary alicyclic amines) is 1. The number of nitrogens with one attached hydrogen (secondary N) is 1. The standard InChI is InChI=1S/C24H25N3O5S/c1-2-9-20-22-21(14-15-26(22)24(29)32-17-19-12-7-4-8-13-19)27(23(20)28)33(30,31)25-16-18-10-5-3-6-11-18/h2-8,10-13,21,25H,1,9,14-17H2/t21-/m0/s1. The largest absolute Gasteiger partial charge is 0.444 e. The Morgan fingerprint density at radius 2 is 1.73 bits per heavy atom. The van der Waals surface area contributed by atoms with Gasteiger partial charge in [0, 0.05) is 18.7 Å². The first-order valence-electron chi connectivity index (χ1n) is 10.6. The van der Waals surface area contributed by atoms with Gasteiger partial charge in [0.05, 0.1) is 11.7 Å². The molecule has 1 fully saturated rings. The highest BCUT2D eigenvalue weighted by atomic mass is 32.2. The number of ether oxygens (including phenoxy) is 1. The van der Waals surface area contributed by atoms with E-state index in [1.165, 1.54) is 11.0 Å². The van der Waals surface area contributed by atoms with Crippen LogP contribution in [-0.2, 0) is 32.9 Å². The van der Waals surface area contributed by atoms with Gasteiger partial charge in [-0.05, 0) is 24.0 Å². The number of fused-ring (bicyclic) bond motifs is 1. The third-order valence-electron chi connectivity index (χ3n) is 5.62. The van der Waals surface area contributed by atoms with Crippen LogP contribution in [0.2, 0.25) is 0 Å². The summed E-state index contributed by atoms with van der Waals surface area (Å²) in [4.78, 5) is 27.3. The van der Waals surface area contributed by atoms with Crippen molar-refractivity contribution < 1.29 is 22.7 Å². The van der Waals surface area contributed by atoms with Crippen LogP contribution in [0, 0.1) is 0 Å². The molecule has 1 N–H and O–H groups in total. The lowest BCUT2D eigenvalue weighted by atomic mass is 10.1. The predicted molar refractivity (Wildman–Crippen MR) is 123 cm³/mol. The van der Waals surface area contributed by atoms with Gasteiger partial charge in [0.2, 0.25) is 0 Å². The lowest BCUT2D eigenvalue weighted by molar-refractivity contribution is -0.122. The van der Waals surface area contributed by atoms with Crippen molar-refractivity contribution in [3.63, 3.8) is 0 Å². The Balaban J connectivity index is 1.53. The zero-order valence-electron chi connectivity index (χ0n) is 18.0. The van der Waals surface area contributed by atoms with E-state index in [-0.39, 0.29) is 31.7 Å². The Hall–Kier alpha value is -3.43. The van der Waals surface area contributed by atoms with E-state index >= 15 is 0 Å². The van der Waals surface area contributed by atoms with Crippen molar-refractivity contribution in [3.05, 3.63) is 95.7 Å². The van der Waals surface area contributed by atoms with E-state index in [2.05, 4.69) is 11.3 Å². The summed E-state index contributed by atoms with van der Waals surface area (Å²) in [6, 6.07) is 17.5. The molecule has 4 rings (SSSR count). The summed E-state index contributed by atoms with van der Waals surface area (Å²) in [5.41, 5.74) is 2.22. The van der Waals surface area contributed by atoms with Crippen LogP contribution in [0.4, 0.5) is 4.79 Å². The molecule has 2 aliphatic rings.